The Morgan fingerprint density at radius 2 is 1.74 bits per heavy atom. The summed E-state index contributed by atoms with van der Waals surface area (Å²) in [5.74, 6) is -2.66. The van der Waals surface area contributed by atoms with E-state index in [0.717, 1.165) is 6.07 Å². The maximum Gasteiger partial charge on any atom is 0.313 e. The SMILES string of the molecule is O=C(NCC(O)c1ccccc1Cl)C(=O)Nc1ccccc1F. The molecule has 0 aromatic heterocycles. The minimum absolute atomic E-state index is 0.0979. The zero-order valence-corrected chi connectivity index (χ0v) is 12.7. The van der Waals surface area contributed by atoms with E-state index in [9.17, 15) is 19.1 Å². The highest BCUT2D eigenvalue weighted by Gasteiger charge is 2.18. The van der Waals surface area contributed by atoms with Crippen LogP contribution in [0.3, 0.4) is 0 Å². The Balaban J connectivity index is 1.91. The normalized spacial score (nSPS) is 11.6. The maximum absolute atomic E-state index is 13.4. The van der Waals surface area contributed by atoms with Crippen molar-refractivity contribution in [2.75, 3.05) is 11.9 Å². The minimum Gasteiger partial charge on any atom is -0.387 e. The molecule has 0 bridgehead atoms. The number of hydrogen-bond acceptors (Lipinski definition) is 3. The quantitative estimate of drug-likeness (QED) is 0.749. The van der Waals surface area contributed by atoms with E-state index in [2.05, 4.69) is 10.6 Å². The van der Waals surface area contributed by atoms with E-state index >= 15 is 0 Å². The Kier molecular flexibility index (Phi) is 5.67. The zero-order chi connectivity index (χ0) is 16.8. The summed E-state index contributed by atoms with van der Waals surface area (Å²) in [6.45, 7) is -0.201. The number of aliphatic hydroxyl groups excluding tert-OH is 1. The second-order valence-corrected chi connectivity index (χ2v) is 5.09. The molecule has 0 aliphatic rings. The fraction of sp³-hybridized carbons (Fsp3) is 0.125. The monoisotopic (exact) mass is 336 g/mol. The van der Waals surface area contributed by atoms with Crippen LogP contribution in [0, 0.1) is 5.82 Å². The van der Waals surface area contributed by atoms with E-state index in [-0.39, 0.29) is 12.2 Å². The van der Waals surface area contributed by atoms with Crippen molar-refractivity contribution in [2.45, 2.75) is 6.10 Å². The molecular weight excluding hydrogens is 323 g/mol. The standard InChI is InChI=1S/C16H14ClFN2O3/c17-11-6-2-1-5-10(11)14(21)9-19-15(22)16(23)20-13-8-4-3-7-12(13)18/h1-8,14,21H,9H2,(H,19,22)(H,20,23). The number of amides is 2. The Bertz CT molecular complexity index is 724. The number of rotatable bonds is 4. The second kappa shape index (κ2) is 7.71. The van der Waals surface area contributed by atoms with Crippen LogP contribution in [0.5, 0.6) is 0 Å². The average molecular weight is 337 g/mol. The van der Waals surface area contributed by atoms with Gasteiger partial charge in [-0.15, -0.1) is 0 Å². The number of halogens is 2. The number of anilines is 1. The van der Waals surface area contributed by atoms with E-state index in [0.29, 0.717) is 10.6 Å². The second-order valence-electron chi connectivity index (χ2n) is 4.68. The summed E-state index contributed by atoms with van der Waals surface area (Å²) in [6.07, 6.45) is -1.06. The van der Waals surface area contributed by atoms with Crippen LogP contribution in [0.2, 0.25) is 5.02 Å². The van der Waals surface area contributed by atoms with Gasteiger partial charge in [0.05, 0.1) is 11.8 Å². The Morgan fingerprint density at radius 1 is 1.09 bits per heavy atom. The van der Waals surface area contributed by atoms with Gasteiger partial charge in [0, 0.05) is 17.1 Å². The topological polar surface area (TPSA) is 78.4 Å². The molecule has 0 saturated heterocycles. The Hall–Kier alpha value is -2.44. The van der Waals surface area contributed by atoms with Crippen LogP contribution in [-0.2, 0) is 9.59 Å². The minimum atomic E-state index is -1.06. The van der Waals surface area contributed by atoms with Crippen LogP contribution in [0.4, 0.5) is 10.1 Å². The lowest BCUT2D eigenvalue weighted by atomic mass is 10.1. The first-order valence-electron chi connectivity index (χ1n) is 6.75. The highest BCUT2D eigenvalue weighted by Crippen LogP contribution is 2.21. The summed E-state index contributed by atoms with van der Waals surface area (Å²) in [4.78, 5) is 23.4. The van der Waals surface area contributed by atoms with Gasteiger partial charge in [0.25, 0.3) is 0 Å². The first kappa shape index (κ1) is 16.9. The van der Waals surface area contributed by atoms with Crippen LogP contribution in [0.1, 0.15) is 11.7 Å². The predicted octanol–water partition coefficient (Wildman–Crippen LogP) is 2.27. The fourth-order valence-electron chi connectivity index (χ4n) is 1.87. The molecule has 0 radical (unpaired) electrons. The lowest BCUT2D eigenvalue weighted by Gasteiger charge is -2.13. The molecule has 5 nitrogen and oxygen atoms in total. The first-order valence-corrected chi connectivity index (χ1v) is 7.13. The predicted molar refractivity (Wildman–Crippen MR) is 84.5 cm³/mol. The van der Waals surface area contributed by atoms with Gasteiger partial charge in [-0.2, -0.15) is 0 Å². The van der Waals surface area contributed by atoms with Crippen molar-refractivity contribution < 1.29 is 19.1 Å². The maximum atomic E-state index is 13.4. The van der Waals surface area contributed by atoms with E-state index in [1.54, 1.807) is 24.3 Å². The number of carbonyl (C=O) groups is 2. The summed E-state index contributed by atoms with van der Waals surface area (Å²) in [5, 5.41) is 14.7. The van der Waals surface area contributed by atoms with Crippen LogP contribution in [0.15, 0.2) is 48.5 Å². The van der Waals surface area contributed by atoms with Crippen molar-refractivity contribution in [3.05, 3.63) is 64.9 Å². The van der Waals surface area contributed by atoms with Crippen molar-refractivity contribution in [3.8, 4) is 0 Å². The van der Waals surface area contributed by atoms with E-state index < -0.39 is 23.7 Å². The van der Waals surface area contributed by atoms with Crippen molar-refractivity contribution in [1.29, 1.82) is 0 Å². The number of para-hydroxylation sites is 1. The van der Waals surface area contributed by atoms with Gasteiger partial charge in [-0.05, 0) is 18.2 Å². The molecule has 3 N–H and O–H groups in total. The molecule has 2 aromatic carbocycles. The van der Waals surface area contributed by atoms with Gasteiger partial charge >= 0.3 is 11.8 Å². The van der Waals surface area contributed by atoms with Gasteiger partial charge in [-0.3, -0.25) is 9.59 Å². The molecular formula is C16H14ClFN2O3. The molecule has 2 rings (SSSR count). The van der Waals surface area contributed by atoms with Crippen molar-refractivity contribution in [1.82, 2.24) is 5.32 Å². The van der Waals surface area contributed by atoms with Gasteiger partial charge < -0.3 is 15.7 Å². The molecule has 0 aliphatic carbocycles. The van der Waals surface area contributed by atoms with Gasteiger partial charge in [-0.25, -0.2) is 4.39 Å². The number of aliphatic hydroxyl groups is 1. The third kappa shape index (κ3) is 4.51. The summed E-state index contributed by atoms with van der Waals surface area (Å²) < 4.78 is 13.4. The highest BCUT2D eigenvalue weighted by molar-refractivity contribution is 6.39. The summed E-state index contributed by atoms with van der Waals surface area (Å²) >= 11 is 5.93. The smallest absolute Gasteiger partial charge is 0.313 e. The molecule has 2 aromatic rings. The number of hydrogen-bond donors (Lipinski definition) is 3. The van der Waals surface area contributed by atoms with Crippen LogP contribution in [-0.4, -0.2) is 23.5 Å². The lowest BCUT2D eigenvalue weighted by Crippen LogP contribution is -2.37. The van der Waals surface area contributed by atoms with Gasteiger partial charge in [0.15, 0.2) is 0 Å². The molecule has 0 heterocycles. The molecule has 1 unspecified atom stereocenters. The molecule has 1 atom stereocenters. The van der Waals surface area contributed by atoms with E-state index in [4.69, 9.17) is 11.6 Å². The number of benzene rings is 2. The van der Waals surface area contributed by atoms with E-state index in [1.807, 2.05) is 0 Å². The van der Waals surface area contributed by atoms with Crippen LogP contribution in [0.25, 0.3) is 0 Å². The molecule has 2 amide bonds. The lowest BCUT2D eigenvalue weighted by molar-refractivity contribution is -0.136. The summed E-state index contributed by atoms with van der Waals surface area (Å²) in [7, 11) is 0. The summed E-state index contributed by atoms with van der Waals surface area (Å²) in [5.41, 5.74) is 0.336. The average Bonchev–Trinajstić information content (AvgIpc) is 2.54. The van der Waals surface area contributed by atoms with Gasteiger partial charge in [0.1, 0.15) is 5.82 Å². The van der Waals surface area contributed by atoms with Crippen molar-refractivity contribution >= 4 is 29.1 Å². The summed E-state index contributed by atoms with van der Waals surface area (Å²) in [6, 6.07) is 12.1. The molecule has 0 spiro atoms. The Labute approximate surface area is 137 Å². The molecule has 120 valence electrons. The third-order valence-electron chi connectivity index (χ3n) is 3.05. The number of carbonyl (C=O) groups excluding carboxylic acids is 2. The third-order valence-corrected chi connectivity index (χ3v) is 3.39. The van der Waals surface area contributed by atoms with Crippen molar-refractivity contribution in [3.63, 3.8) is 0 Å². The molecule has 0 aliphatic heterocycles. The Morgan fingerprint density at radius 3 is 2.43 bits per heavy atom. The van der Waals surface area contributed by atoms with Gasteiger partial charge in [-0.1, -0.05) is 41.9 Å². The highest BCUT2D eigenvalue weighted by atomic mass is 35.5. The number of nitrogens with one attached hydrogen (secondary N) is 2. The van der Waals surface area contributed by atoms with Crippen LogP contribution >= 0.6 is 11.6 Å². The van der Waals surface area contributed by atoms with Gasteiger partial charge in [0.2, 0.25) is 0 Å². The van der Waals surface area contributed by atoms with Crippen molar-refractivity contribution in [2.24, 2.45) is 0 Å². The molecule has 23 heavy (non-hydrogen) atoms. The molecule has 7 heteroatoms. The zero-order valence-electron chi connectivity index (χ0n) is 11.9. The fourth-order valence-corrected chi connectivity index (χ4v) is 2.13. The molecule has 0 fully saturated rings. The first-order chi connectivity index (χ1) is 11.0. The van der Waals surface area contributed by atoms with Crippen LogP contribution < -0.4 is 10.6 Å². The molecule has 0 saturated carbocycles. The van der Waals surface area contributed by atoms with E-state index in [1.165, 1.54) is 18.2 Å². The largest absolute Gasteiger partial charge is 0.387 e.